The van der Waals surface area contributed by atoms with E-state index in [9.17, 15) is 4.79 Å². The molecule has 0 bridgehead atoms. The lowest BCUT2D eigenvalue weighted by atomic mass is 10.1. The fourth-order valence-electron chi connectivity index (χ4n) is 2.58. The molecule has 1 fully saturated rings. The van der Waals surface area contributed by atoms with E-state index < -0.39 is 0 Å². The molecule has 0 aliphatic heterocycles. The van der Waals surface area contributed by atoms with Gasteiger partial charge in [0.2, 0.25) is 5.91 Å². The van der Waals surface area contributed by atoms with Crippen LogP contribution in [0.2, 0.25) is 0 Å². The van der Waals surface area contributed by atoms with Gasteiger partial charge in [-0.15, -0.1) is 0 Å². The van der Waals surface area contributed by atoms with Crippen LogP contribution in [-0.4, -0.2) is 37.0 Å². The summed E-state index contributed by atoms with van der Waals surface area (Å²) in [6.07, 6.45) is 4.01. The highest BCUT2D eigenvalue weighted by molar-refractivity contribution is 5.78. The number of nitrogens with zero attached hydrogens (tertiary/aromatic N) is 1. The number of hydrogen-bond donors (Lipinski definition) is 1. The standard InChI is InChI=1S/C13H26N2O/c1-4-15(5-2)13(16)10-14-9-12-7-6-11(3)8-12/h11-12,14H,4-10H2,1-3H3. The van der Waals surface area contributed by atoms with Crippen LogP contribution in [0.5, 0.6) is 0 Å². The number of hydrogen-bond acceptors (Lipinski definition) is 2. The smallest absolute Gasteiger partial charge is 0.236 e. The molecule has 0 aromatic carbocycles. The minimum Gasteiger partial charge on any atom is -0.342 e. The van der Waals surface area contributed by atoms with Gasteiger partial charge in [-0.3, -0.25) is 4.79 Å². The molecule has 94 valence electrons. The second-order valence-corrected chi connectivity index (χ2v) is 4.98. The van der Waals surface area contributed by atoms with Crippen LogP contribution in [0, 0.1) is 11.8 Å². The van der Waals surface area contributed by atoms with Crippen molar-refractivity contribution in [3.8, 4) is 0 Å². The number of carbonyl (C=O) groups is 1. The number of carbonyl (C=O) groups excluding carboxylic acids is 1. The van der Waals surface area contributed by atoms with Gasteiger partial charge in [-0.05, 0) is 45.1 Å². The van der Waals surface area contributed by atoms with Crippen LogP contribution in [0.3, 0.4) is 0 Å². The second kappa shape index (κ2) is 6.89. The van der Waals surface area contributed by atoms with E-state index in [4.69, 9.17) is 0 Å². The maximum Gasteiger partial charge on any atom is 0.236 e. The molecule has 3 heteroatoms. The van der Waals surface area contributed by atoms with Crippen molar-refractivity contribution < 1.29 is 4.79 Å². The van der Waals surface area contributed by atoms with Gasteiger partial charge in [-0.2, -0.15) is 0 Å². The zero-order valence-electron chi connectivity index (χ0n) is 11.0. The van der Waals surface area contributed by atoms with Crippen molar-refractivity contribution in [2.45, 2.75) is 40.0 Å². The zero-order valence-corrected chi connectivity index (χ0v) is 11.0. The Morgan fingerprint density at radius 3 is 2.50 bits per heavy atom. The van der Waals surface area contributed by atoms with Gasteiger partial charge in [0, 0.05) is 13.1 Å². The van der Waals surface area contributed by atoms with Crippen molar-refractivity contribution >= 4 is 5.91 Å². The van der Waals surface area contributed by atoms with E-state index in [2.05, 4.69) is 12.2 Å². The summed E-state index contributed by atoms with van der Waals surface area (Å²) in [4.78, 5) is 13.6. The van der Waals surface area contributed by atoms with Gasteiger partial charge >= 0.3 is 0 Å². The van der Waals surface area contributed by atoms with Crippen LogP contribution in [-0.2, 0) is 4.79 Å². The zero-order chi connectivity index (χ0) is 12.0. The van der Waals surface area contributed by atoms with Gasteiger partial charge in [0.1, 0.15) is 0 Å². The van der Waals surface area contributed by atoms with Crippen LogP contribution in [0.15, 0.2) is 0 Å². The topological polar surface area (TPSA) is 32.3 Å². The first-order valence-corrected chi connectivity index (χ1v) is 6.65. The fraction of sp³-hybridized carbons (Fsp3) is 0.923. The van der Waals surface area contributed by atoms with Crippen LogP contribution in [0.1, 0.15) is 40.0 Å². The van der Waals surface area contributed by atoms with Crippen LogP contribution < -0.4 is 5.32 Å². The summed E-state index contributed by atoms with van der Waals surface area (Å²) in [5, 5.41) is 3.31. The summed E-state index contributed by atoms with van der Waals surface area (Å²) in [6, 6.07) is 0. The Hall–Kier alpha value is -0.570. The number of likely N-dealkylation sites (N-methyl/N-ethyl adjacent to an activating group) is 1. The molecule has 0 aromatic heterocycles. The first kappa shape index (κ1) is 13.5. The lowest BCUT2D eigenvalue weighted by Gasteiger charge is -2.19. The van der Waals surface area contributed by atoms with Gasteiger partial charge in [0.25, 0.3) is 0 Å². The van der Waals surface area contributed by atoms with Crippen LogP contribution >= 0.6 is 0 Å². The van der Waals surface area contributed by atoms with Crippen molar-refractivity contribution in [3.05, 3.63) is 0 Å². The van der Waals surface area contributed by atoms with Gasteiger partial charge in [0.15, 0.2) is 0 Å². The average molecular weight is 226 g/mol. The molecule has 2 atom stereocenters. The van der Waals surface area contributed by atoms with E-state index in [1.165, 1.54) is 19.3 Å². The molecule has 1 rings (SSSR count). The van der Waals surface area contributed by atoms with Crippen molar-refractivity contribution in [3.63, 3.8) is 0 Å². The molecule has 3 nitrogen and oxygen atoms in total. The summed E-state index contributed by atoms with van der Waals surface area (Å²) >= 11 is 0. The second-order valence-electron chi connectivity index (χ2n) is 4.98. The predicted octanol–water partition coefficient (Wildman–Crippen LogP) is 1.88. The Bertz CT molecular complexity index is 214. The highest BCUT2D eigenvalue weighted by Crippen LogP contribution is 2.29. The minimum absolute atomic E-state index is 0.232. The van der Waals surface area contributed by atoms with E-state index in [-0.39, 0.29) is 5.91 Å². The molecular weight excluding hydrogens is 200 g/mol. The number of rotatable bonds is 6. The van der Waals surface area contributed by atoms with Gasteiger partial charge in [-0.25, -0.2) is 0 Å². The Morgan fingerprint density at radius 1 is 1.31 bits per heavy atom. The predicted molar refractivity (Wildman–Crippen MR) is 67.3 cm³/mol. The van der Waals surface area contributed by atoms with Crippen LogP contribution in [0.25, 0.3) is 0 Å². The Morgan fingerprint density at radius 2 is 2.00 bits per heavy atom. The summed E-state index contributed by atoms with van der Waals surface area (Å²) in [7, 11) is 0. The third-order valence-electron chi connectivity index (χ3n) is 3.63. The molecule has 1 N–H and O–H groups in total. The van der Waals surface area contributed by atoms with Gasteiger partial charge in [-0.1, -0.05) is 13.3 Å². The molecule has 0 aromatic rings. The summed E-state index contributed by atoms with van der Waals surface area (Å²) < 4.78 is 0. The third kappa shape index (κ3) is 4.12. The van der Waals surface area contributed by atoms with E-state index in [0.29, 0.717) is 6.54 Å². The fourth-order valence-corrected chi connectivity index (χ4v) is 2.58. The Labute approximate surface area is 99.6 Å². The first-order valence-electron chi connectivity index (χ1n) is 6.65. The molecule has 0 spiro atoms. The molecule has 2 unspecified atom stereocenters. The lowest BCUT2D eigenvalue weighted by molar-refractivity contribution is -0.129. The van der Waals surface area contributed by atoms with Crippen molar-refractivity contribution in [2.24, 2.45) is 11.8 Å². The molecule has 1 amide bonds. The van der Waals surface area contributed by atoms with E-state index in [1.54, 1.807) is 0 Å². The summed E-state index contributed by atoms with van der Waals surface area (Å²) in [5.74, 6) is 1.90. The Balaban J connectivity index is 2.12. The van der Waals surface area contributed by atoms with Crippen LogP contribution in [0.4, 0.5) is 0 Å². The number of nitrogens with one attached hydrogen (secondary N) is 1. The van der Waals surface area contributed by atoms with Crippen molar-refractivity contribution in [2.75, 3.05) is 26.2 Å². The van der Waals surface area contributed by atoms with E-state index >= 15 is 0 Å². The molecular formula is C13H26N2O. The van der Waals surface area contributed by atoms with Crippen molar-refractivity contribution in [1.82, 2.24) is 10.2 Å². The average Bonchev–Trinajstić information content (AvgIpc) is 2.66. The van der Waals surface area contributed by atoms with Gasteiger partial charge in [0.05, 0.1) is 6.54 Å². The molecule has 0 saturated heterocycles. The highest BCUT2D eigenvalue weighted by atomic mass is 16.2. The molecule has 0 heterocycles. The molecule has 1 aliphatic rings. The maximum atomic E-state index is 11.7. The van der Waals surface area contributed by atoms with Gasteiger partial charge < -0.3 is 10.2 Å². The highest BCUT2D eigenvalue weighted by Gasteiger charge is 2.21. The van der Waals surface area contributed by atoms with E-state index in [1.807, 2.05) is 18.7 Å². The molecule has 16 heavy (non-hydrogen) atoms. The van der Waals surface area contributed by atoms with E-state index in [0.717, 1.165) is 31.5 Å². The normalized spacial score (nSPS) is 24.7. The summed E-state index contributed by atoms with van der Waals surface area (Å²) in [5.41, 5.74) is 0. The summed E-state index contributed by atoms with van der Waals surface area (Å²) in [6.45, 7) is 9.53. The monoisotopic (exact) mass is 226 g/mol. The first-order chi connectivity index (χ1) is 7.67. The SMILES string of the molecule is CCN(CC)C(=O)CNCC1CCC(C)C1. The Kier molecular flexibility index (Phi) is 5.81. The van der Waals surface area contributed by atoms with Crippen molar-refractivity contribution in [1.29, 1.82) is 0 Å². The number of amides is 1. The molecule has 1 saturated carbocycles. The lowest BCUT2D eigenvalue weighted by Crippen LogP contribution is -2.39. The maximum absolute atomic E-state index is 11.7. The quantitative estimate of drug-likeness (QED) is 0.750. The third-order valence-corrected chi connectivity index (χ3v) is 3.63. The largest absolute Gasteiger partial charge is 0.342 e. The molecule has 1 aliphatic carbocycles. The minimum atomic E-state index is 0.232. The molecule has 0 radical (unpaired) electrons.